The minimum atomic E-state index is 0.330. The molecule has 1 aliphatic carbocycles. The van der Waals surface area contributed by atoms with Gasteiger partial charge in [-0.2, -0.15) is 0 Å². The van der Waals surface area contributed by atoms with Crippen LogP contribution in [0.1, 0.15) is 31.7 Å². The topological polar surface area (TPSA) is 30.7 Å². The normalized spacial score (nSPS) is 14.3. The van der Waals surface area contributed by atoms with Crippen molar-refractivity contribution in [1.82, 2.24) is 14.5 Å². The van der Waals surface area contributed by atoms with E-state index in [1.54, 1.807) is 12.4 Å². The van der Waals surface area contributed by atoms with E-state index in [0.717, 1.165) is 46.7 Å². The molecule has 0 radical (unpaired) electrons. The van der Waals surface area contributed by atoms with E-state index < -0.39 is 0 Å². The van der Waals surface area contributed by atoms with Crippen LogP contribution in [0.5, 0.6) is 0 Å². The summed E-state index contributed by atoms with van der Waals surface area (Å²) in [6, 6.07) is 17.8. The van der Waals surface area contributed by atoms with Gasteiger partial charge in [0.1, 0.15) is 5.82 Å². The van der Waals surface area contributed by atoms with Crippen LogP contribution in [0.25, 0.3) is 33.9 Å². The number of hydrogen-bond donors (Lipinski definition) is 0. The molecule has 156 valence electrons. The summed E-state index contributed by atoms with van der Waals surface area (Å²) in [7, 11) is 0. The number of aromatic nitrogens is 3. The summed E-state index contributed by atoms with van der Waals surface area (Å²) in [6.45, 7) is 0. The molecule has 0 N–H and O–H groups in total. The van der Waals surface area contributed by atoms with Crippen LogP contribution in [0.2, 0.25) is 15.1 Å². The molecule has 1 aliphatic rings. The van der Waals surface area contributed by atoms with Crippen molar-refractivity contribution in [3.63, 3.8) is 0 Å². The minimum Gasteiger partial charge on any atom is -0.320 e. The Morgan fingerprint density at radius 1 is 0.774 bits per heavy atom. The predicted octanol–water partition coefficient (Wildman–Crippen LogP) is 8.35. The average molecular weight is 469 g/mol. The van der Waals surface area contributed by atoms with Crippen molar-refractivity contribution in [2.75, 3.05) is 0 Å². The highest BCUT2D eigenvalue weighted by atomic mass is 35.5. The zero-order valence-corrected chi connectivity index (χ0v) is 19.0. The molecule has 0 saturated heterocycles. The van der Waals surface area contributed by atoms with E-state index >= 15 is 0 Å². The van der Waals surface area contributed by atoms with E-state index in [2.05, 4.69) is 9.55 Å². The van der Waals surface area contributed by atoms with Crippen LogP contribution in [0.3, 0.4) is 0 Å². The number of pyridine rings is 1. The van der Waals surface area contributed by atoms with Crippen LogP contribution >= 0.6 is 34.8 Å². The highest BCUT2D eigenvalue weighted by molar-refractivity contribution is 6.39. The van der Waals surface area contributed by atoms with Crippen molar-refractivity contribution in [3.05, 3.63) is 82.1 Å². The molecule has 0 bridgehead atoms. The molecule has 3 nitrogen and oxygen atoms in total. The van der Waals surface area contributed by atoms with Gasteiger partial charge in [0.15, 0.2) is 0 Å². The van der Waals surface area contributed by atoms with E-state index in [4.69, 9.17) is 39.8 Å². The van der Waals surface area contributed by atoms with E-state index in [1.807, 2.05) is 54.6 Å². The first-order chi connectivity index (χ1) is 15.1. The van der Waals surface area contributed by atoms with Gasteiger partial charge in [0.2, 0.25) is 0 Å². The molecule has 6 heteroatoms. The van der Waals surface area contributed by atoms with Crippen LogP contribution in [-0.4, -0.2) is 14.5 Å². The quantitative estimate of drug-likeness (QED) is 0.301. The second kappa shape index (κ2) is 8.66. The lowest BCUT2D eigenvalue weighted by Gasteiger charge is -2.20. The number of benzene rings is 2. The van der Waals surface area contributed by atoms with Gasteiger partial charge in [0.05, 0.1) is 27.0 Å². The number of rotatable bonds is 4. The van der Waals surface area contributed by atoms with Crippen molar-refractivity contribution in [1.29, 1.82) is 0 Å². The molecule has 1 saturated carbocycles. The summed E-state index contributed by atoms with van der Waals surface area (Å²) < 4.78 is 2.35. The third-order valence-electron chi connectivity index (χ3n) is 5.86. The maximum absolute atomic E-state index is 6.65. The molecule has 31 heavy (non-hydrogen) atoms. The Labute approximate surface area is 196 Å². The second-order valence-corrected chi connectivity index (χ2v) is 9.03. The molecule has 1 fully saturated rings. The summed E-state index contributed by atoms with van der Waals surface area (Å²) in [5.74, 6) is 0.805. The van der Waals surface area contributed by atoms with Gasteiger partial charge >= 0.3 is 0 Å². The van der Waals surface area contributed by atoms with Crippen molar-refractivity contribution < 1.29 is 0 Å². The molecule has 5 rings (SSSR count). The van der Waals surface area contributed by atoms with Crippen molar-refractivity contribution in [2.45, 2.75) is 31.7 Å². The lowest BCUT2D eigenvalue weighted by atomic mass is 10.0. The number of imidazole rings is 1. The Balaban J connectivity index is 1.86. The van der Waals surface area contributed by atoms with Gasteiger partial charge in [-0.25, -0.2) is 4.98 Å². The smallest absolute Gasteiger partial charge is 0.144 e. The van der Waals surface area contributed by atoms with Gasteiger partial charge < -0.3 is 4.57 Å². The van der Waals surface area contributed by atoms with Gasteiger partial charge in [0.25, 0.3) is 0 Å². The zero-order valence-electron chi connectivity index (χ0n) is 16.7. The first kappa shape index (κ1) is 20.6. The number of halogens is 3. The summed E-state index contributed by atoms with van der Waals surface area (Å²) in [5, 5.41) is 1.90. The van der Waals surface area contributed by atoms with Crippen molar-refractivity contribution in [3.8, 4) is 33.9 Å². The molecule has 0 aliphatic heterocycles. The third kappa shape index (κ3) is 3.87. The molecule has 2 aromatic heterocycles. The Kier molecular flexibility index (Phi) is 5.75. The van der Waals surface area contributed by atoms with Gasteiger partial charge in [-0.15, -0.1) is 0 Å². The number of nitrogens with zero attached hydrogens (tertiary/aromatic N) is 3. The first-order valence-electron chi connectivity index (χ1n) is 10.4. The lowest BCUT2D eigenvalue weighted by Crippen LogP contribution is -2.09. The van der Waals surface area contributed by atoms with E-state index in [-0.39, 0.29) is 0 Å². The zero-order chi connectivity index (χ0) is 21.4. The van der Waals surface area contributed by atoms with E-state index in [1.165, 1.54) is 12.8 Å². The largest absolute Gasteiger partial charge is 0.320 e. The lowest BCUT2D eigenvalue weighted by molar-refractivity contribution is 0.528. The Morgan fingerprint density at radius 3 is 2.06 bits per heavy atom. The SMILES string of the molecule is Clc1ccc(-c2c(-c3ccncc3)nc(-c3c(Cl)cccc3Cl)n2C2CCCC2)cc1. The first-order valence-corrected chi connectivity index (χ1v) is 11.5. The summed E-state index contributed by atoms with van der Waals surface area (Å²) in [6.07, 6.45) is 8.17. The van der Waals surface area contributed by atoms with Crippen LogP contribution in [0.4, 0.5) is 0 Å². The maximum Gasteiger partial charge on any atom is 0.144 e. The van der Waals surface area contributed by atoms with Crippen molar-refractivity contribution >= 4 is 34.8 Å². The average Bonchev–Trinajstić information content (AvgIpc) is 3.43. The number of hydrogen-bond acceptors (Lipinski definition) is 2. The van der Waals surface area contributed by atoms with E-state index in [0.29, 0.717) is 21.1 Å². The molecular formula is C25H20Cl3N3. The molecule has 0 atom stereocenters. The Hall–Kier alpha value is -2.33. The fourth-order valence-corrected chi connectivity index (χ4v) is 5.13. The highest BCUT2D eigenvalue weighted by Crippen LogP contribution is 2.45. The van der Waals surface area contributed by atoms with Gasteiger partial charge in [-0.3, -0.25) is 4.98 Å². The standard InChI is InChI=1S/C25H20Cl3N3/c26-18-10-8-17(9-11-18)24-23(16-12-14-29-15-13-16)30-25(31(24)19-4-1-2-5-19)22-20(27)6-3-7-21(22)28/h3,6-15,19H,1-2,4-5H2. The highest BCUT2D eigenvalue weighted by Gasteiger charge is 2.29. The van der Waals surface area contributed by atoms with Gasteiger partial charge in [-0.1, -0.05) is 65.8 Å². The molecule has 0 unspecified atom stereocenters. The van der Waals surface area contributed by atoms with Crippen molar-refractivity contribution in [2.24, 2.45) is 0 Å². The molecule has 4 aromatic rings. The molecule has 2 heterocycles. The summed E-state index contributed by atoms with van der Waals surface area (Å²) in [5.41, 5.74) is 4.78. The van der Waals surface area contributed by atoms with Crippen LogP contribution in [0.15, 0.2) is 67.0 Å². The van der Waals surface area contributed by atoms with Gasteiger partial charge in [-0.05, 0) is 49.2 Å². The molecular weight excluding hydrogens is 449 g/mol. The monoisotopic (exact) mass is 467 g/mol. The molecule has 0 spiro atoms. The van der Waals surface area contributed by atoms with E-state index in [9.17, 15) is 0 Å². The van der Waals surface area contributed by atoms with Gasteiger partial charge in [0, 0.05) is 34.6 Å². The Morgan fingerprint density at radius 2 is 1.42 bits per heavy atom. The fourth-order valence-electron chi connectivity index (χ4n) is 4.43. The minimum absolute atomic E-state index is 0.330. The molecule has 0 amide bonds. The summed E-state index contributed by atoms with van der Waals surface area (Å²) in [4.78, 5) is 9.33. The van der Waals surface area contributed by atoms with Crippen LogP contribution in [0, 0.1) is 0 Å². The van der Waals surface area contributed by atoms with Crippen LogP contribution in [-0.2, 0) is 0 Å². The summed E-state index contributed by atoms with van der Waals surface area (Å²) >= 11 is 19.5. The predicted molar refractivity (Wildman–Crippen MR) is 129 cm³/mol. The third-order valence-corrected chi connectivity index (χ3v) is 6.74. The molecule has 2 aromatic carbocycles. The second-order valence-electron chi connectivity index (χ2n) is 7.78. The Bertz CT molecular complexity index is 1190. The van der Waals surface area contributed by atoms with Crippen LogP contribution < -0.4 is 0 Å². The fraction of sp³-hybridized carbons (Fsp3) is 0.200. The maximum atomic E-state index is 6.65.